The molecule has 222 valence electrons. The average Bonchev–Trinajstić information content (AvgIpc) is 2.89. The van der Waals surface area contributed by atoms with Crippen molar-refractivity contribution in [2.75, 3.05) is 0 Å². The number of Topliss-reactive ketones (excluding diaryl/α,β-unsaturated/α-hetero) is 2. The first-order chi connectivity index (χ1) is 18.2. The van der Waals surface area contributed by atoms with Crippen LogP contribution in [0, 0.1) is 29.1 Å². The molecular weight excluding hydrogens is 464 g/mol. The lowest BCUT2D eigenvalue weighted by atomic mass is 9.80. The summed E-state index contributed by atoms with van der Waals surface area (Å²) in [4.78, 5) is 26.3. The molecule has 0 aromatic carbocycles. The second-order valence-corrected chi connectivity index (χ2v) is 14.7. The molecule has 0 aromatic rings. The zero-order valence-corrected chi connectivity index (χ0v) is 26.3. The zero-order valence-electron chi connectivity index (χ0n) is 26.3. The van der Waals surface area contributed by atoms with E-state index in [4.69, 9.17) is 0 Å². The molecule has 2 fully saturated rings. The van der Waals surface area contributed by atoms with E-state index in [2.05, 4.69) is 27.7 Å². The fourth-order valence-electron chi connectivity index (χ4n) is 7.25. The lowest BCUT2D eigenvalue weighted by molar-refractivity contribution is -0.127. The fraction of sp³-hybridized carbons (Fsp3) is 0.944. The summed E-state index contributed by atoms with van der Waals surface area (Å²) in [6.45, 7) is 9.72. The van der Waals surface area contributed by atoms with Crippen LogP contribution in [0.25, 0.3) is 0 Å². The van der Waals surface area contributed by atoms with Gasteiger partial charge in [-0.05, 0) is 55.3 Å². The molecule has 2 aliphatic rings. The van der Waals surface area contributed by atoms with Crippen molar-refractivity contribution in [3.05, 3.63) is 0 Å². The maximum Gasteiger partial charge on any atom is 0.136 e. The van der Waals surface area contributed by atoms with Crippen LogP contribution in [0.15, 0.2) is 0 Å². The first-order valence-corrected chi connectivity index (χ1v) is 17.3. The molecule has 2 heteroatoms. The van der Waals surface area contributed by atoms with Crippen LogP contribution in [0.5, 0.6) is 0 Å². The Hall–Kier alpha value is -0.660. The van der Waals surface area contributed by atoms with Crippen LogP contribution in [-0.4, -0.2) is 11.6 Å². The smallest absolute Gasteiger partial charge is 0.136 e. The molecular formula is C36H66O2. The van der Waals surface area contributed by atoms with Crippen molar-refractivity contribution in [3.8, 4) is 0 Å². The van der Waals surface area contributed by atoms with E-state index < -0.39 is 0 Å². The first-order valence-electron chi connectivity index (χ1n) is 17.3. The van der Waals surface area contributed by atoms with E-state index in [0.29, 0.717) is 42.2 Å². The van der Waals surface area contributed by atoms with Crippen molar-refractivity contribution in [3.63, 3.8) is 0 Å². The van der Waals surface area contributed by atoms with Crippen LogP contribution >= 0.6 is 0 Å². The van der Waals surface area contributed by atoms with E-state index in [1.807, 2.05) is 0 Å². The summed E-state index contributed by atoms with van der Waals surface area (Å²) < 4.78 is 0. The van der Waals surface area contributed by atoms with E-state index in [-0.39, 0.29) is 5.92 Å². The summed E-state index contributed by atoms with van der Waals surface area (Å²) in [6, 6.07) is 0. The van der Waals surface area contributed by atoms with Gasteiger partial charge in [0.15, 0.2) is 0 Å². The summed E-state index contributed by atoms with van der Waals surface area (Å²) in [5, 5.41) is 0. The first kappa shape index (κ1) is 33.5. The topological polar surface area (TPSA) is 34.1 Å². The third-order valence-corrected chi connectivity index (χ3v) is 10.2. The molecule has 4 atom stereocenters. The molecule has 0 saturated heterocycles. The van der Waals surface area contributed by atoms with Crippen LogP contribution in [-0.2, 0) is 9.59 Å². The van der Waals surface area contributed by atoms with Gasteiger partial charge in [0.25, 0.3) is 0 Å². The van der Waals surface area contributed by atoms with Crippen LogP contribution in [0.3, 0.4) is 0 Å². The van der Waals surface area contributed by atoms with Gasteiger partial charge in [-0.1, -0.05) is 137 Å². The van der Waals surface area contributed by atoms with Crippen LogP contribution in [0.2, 0.25) is 0 Å². The molecule has 0 aliphatic heterocycles. The van der Waals surface area contributed by atoms with E-state index in [0.717, 1.165) is 24.7 Å². The molecule has 0 amide bonds. The molecule has 2 saturated carbocycles. The summed E-state index contributed by atoms with van der Waals surface area (Å²) in [6.07, 6.45) is 29.8. The Morgan fingerprint density at radius 3 is 1.66 bits per heavy atom. The Morgan fingerprint density at radius 1 is 0.553 bits per heavy atom. The molecule has 0 heterocycles. The molecule has 0 aromatic heterocycles. The highest BCUT2D eigenvalue weighted by Gasteiger charge is 2.22. The summed E-state index contributed by atoms with van der Waals surface area (Å²) in [7, 11) is 0. The zero-order chi connectivity index (χ0) is 27.6. The summed E-state index contributed by atoms with van der Waals surface area (Å²) in [5.74, 6) is 3.13. The van der Waals surface area contributed by atoms with Gasteiger partial charge in [-0.2, -0.15) is 0 Å². The van der Waals surface area contributed by atoms with Crippen molar-refractivity contribution in [1.29, 1.82) is 0 Å². The normalized spacial score (nSPS) is 30.1. The van der Waals surface area contributed by atoms with E-state index in [1.165, 1.54) is 128 Å². The average molecular weight is 531 g/mol. The second-order valence-electron chi connectivity index (χ2n) is 14.7. The Kier molecular flexibility index (Phi) is 17.1. The van der Waals surface area contributed by atoms with Gasteiger partial charge in [-0.25, -0.2) is 0 Å². The molecule has 38 heavy (non-hydrogen) atoms. The van der Waals surface area contributed by atoms with Crippen LogP contribution in [0.1, 0.15) is 188 Å². The molecule has 0 radical (unpaired) electrons. The van der Waals surface area contributed by atoms with E-state index >= 15 is 0 Å². The molecule has 2 nitrogen and oxygen atoms in total. The van der Waals surface area contributed by atoms with Crippen molar-refractivity contribution >= 4 is 11.6 Å². The monoisotopic (exact) mass is 531 g/mol. The molecule has 0 bridgehead atoms. The number of hydrogen-bond acceptors (Lipinski definition) is 2. The minimum absolute atomic E-state index is 0.208. The van der Waals surface area contributed by atoms with Crippen molar-refractivity contribution in [2.24, 2.45) is 29.1 Å². The summed E-state index contributed by atoms with van der Waals surface area (Å²) in [5.41, 5.74) is 0.465. The number of ketones is 2. The second kappa shape index (κ2) is 19.4. The van der Waals surface area contributed by atoms with Crippen molar-refractivity contribution in [1.82, 2.24) is 0 Å². The Morgan fingerprint density at radius 2 is 1.03 bits per heavy atom. The predicted molar refractivity (Wildman–Crippen MR) is 165 cm³/mol. The highest BCUT2D eigenvalue weighted by atomic mass is 16.1. The van der Waals surface area contributed by atoms with Crippen LogP contribution in [0.4, 0.5) is 0 Å². The Balaban J connectivity index is 1.81. The van der Waals surface area contributed by atoms with Gasteiger partial charge in [0, 0.05) is 25.2 Å². The highest BCUT2D eigenvalue weighted by molar-refractivity contribution is 5.87. The van der Waals surface area contributed by atoms with Crippen LogP contribution < -0.4 is 0 Å². The third kappa shape index (κ3) is 15.8. The molecule has 2 rings (SSSR count). The van der Waals surface area contributed by atoms with Gasteiger partial charge >= 0.3 is 0 Å². The van der Waals surface area contributed by atoms with Gasteiger partial charge in [-0.3, -0.25) is 9.59 Å². The third-order valence-electron chi connectivity index (χ3n) is 10.2. The Bertz CT molecular complexity index is 635. The maximum absolute atomic E-state index is 13.2. The minimum atomic E-state index is 0.208. The predicted octanol–water partition coefficient (Wildman–Crippen LogP) is 11.4. The van der Waals surface area contributed by atoms with E-state index in [1.54, 1.807) is 0 Å². The molecule has 0 N–H and O–H groups in total. The number of carbonyl (C=O) groups excluding carboxylic acids is 2. The number of rotatable bonds is 6. The fourth-order valence-corrected chi connectivity index (χ4v) is 7.25. The summed E-state index contributed by atoms with van der Waals surface area (Å²) >= 11 is 0. The van der Waals surface area contributed by atoms with E-state index in [9.17, 15) is 9.59 Å². The van der Waals surface area contributed by atoms with Crippen molar-refractivity contribution in [2.45, 2.75) is 188 Å². The van der Waals surface area contributed by atoms with Gasteiger partial charge in [0.2, 0.25) is 0 Å². The minimum Gasteiger partial charge on any atom is -0.300 e. The standard InChI is InChI=1S/C36H66O2/c1-30-17-9-5-6-12-21-33(22-13-7-10-18-30)35(38)26-25-34(37)29-32-20-14-16-28-36(3,4)27-15-8-11-19-31(2)23-24-32/h30-33H,5-29H2,1-4H3. The molecule has 4 unspecified atom stereocenters. The Labute approximate surface area is 238 Å². The van der Waals surface area contributed by atoms with Crippen molar-refractivity contribution < 1.29 is 9.59 Å². The van der Waals surface area contributed by atoms with Gasteiger partial charge in [-0.15, -0.1) is 0 Å². The lowest BCUT2D eigenvalue weighted by Crippen LogP contribution is -2.18. The SMILES string of the molecule is CC1CCCCCCC(C(=O)CCC(=O)CC2CCCCC(C)(C)CCCCCC(C)CC2)CCCCC1. The highest BCUT2D eigenvalue weighted by Crippen LogP contribution is 2.33. The van der Waals surface area contributed by atoms with Gasteiger partial charge in [0.05, 0.1) is 0 Å². The maximum atomic E-state index is 13.2. The number of hydrogen-bond donors (Lipinski definition) is 0. The quantitative estimate of drug-likeness (QED) is 0.342. The molecule has 2 aliphatic carbocycles. The van der Waals surface area contributed by atoms with Gasteiger partial charge in [0.1, 0.15) is 11.6 Å². The largest absolute Gasteiger partial charge is 0.300 e. The lowest BCUT2D eigenvalue weighted by Gasteiger charge is -2.26. The number of carbonyl (C=O) groups is 2. The molecule has 0 spiro atoms. The van der Waals surface area contributed by atoms with Gasteiger partial charge < -0.3 is 0 Å².